The number of imidazole rings is 2. The summed E-state index contributed by atoms with van der Waals surface area (Å²) < 4.78 is 1.63. The van der Waals surface area contributed by atoms with Crippen LogP contribution in [0.25, 0.3) is 39.6 Å². The molecule has 0 bridgehead atoms. The highest BCUT2D eigenvalue weighted by molar-refractivity contribution is 5.75. The van der Waals surface area contributed by atoms with Crippen molar-refractivity contribution in [1.82, 2.24) is 29.5 Å². The zero-order valence-corrected chi connectivity index (χ0v) is 16.6. The molecule has 2 aromatic carbocycles. The lowest BCUT2D eigenvalue weighted by Gasteiger charge is -2.13. The van der Waals surface area contributed by atoms with E-state index in [-0.39, 0.29) is 11.6 Å². The highest BCUT2D eigenvalue weighted by Crippen LogP contribution is 2.25. The van der Waals surface area contributed by atoms with Gasteiger partial charge in [0.05, 0.1) is 11.9 Å². The normalized spacial score (nSPS) is 11.4. The van der Waals surface area contributed by atoms with Crippen LogP contribution in [0.5, 0.6) is 0 Å². The first-order chi connectivity index (χ1) is 14.6. The van der Waals surface area contributed by atoms with Gasteiger partial charge in [0, 0.05) is 23.5 Å². The van der Waals surface area contributed by atoms with E-state index in [9.17, 15) is 4.79 Å². The molecule has 7 heteroatoms. The van der Waals surface area contributed by atoms with E-state index in [4.69, 9.17) is 4.98 Å². The quantitative estimate of drug-likeness (QED) is 0.474. The van der Waals surface area contributed by atoms with E-state index in [1.54, 1.807) is 23.2 Å². The van der Waals surface area contributed by atoms with E-state index in [0.29, 0.717) is 17.0 Å². The van der Waals surface area contributed by atoms with Crippen molar-refractivity contribution in [3.8, 4) is 28.5 Å². The molecule has 0 fully saturated rings. The smallest absolute Gasteiger partial charge is 0.332 e. The maximum absolute atomic E-state index is 12.8. The van der Waals surface area contributed by atoms with Crippen LogP contribution in [0.15, 0.2) is 71.9 Å². The third-order valence-electron chi connectivity index (χ3n) is 5.14. The minimum absolute atomic E-state index is 0.224. The van der Waals surface area contributed by atoms with Gasteiger partial charge < -0.3 is 9.97 Å². The molecule has 0 aliphatic carbocycles. The topological polar surface area (TPSA) is 92.2 Å². The molecule has 0 aliphatic heterocycles. The number of aromatic amines is 2. The Kier molecular flexibility index (Phi) is 4.28. The molecule has 7 nitrogen and oxygen atoms in total. The maximum atomic E-state index is 12.8. The fourth-order valence-electron chi connectivity index (χ4n) is 3.64. The van der Waals surface area contributed by atoms with Crippen molar-refractivity contribution in [2.75, 3.05) is 0 Å². The molecule has 3 aromatic heterocycles. The summed E-state index contributed by atoms with van der Waals surface area (Å²) in [6, 6.07) is 15.8. The number of aromatic nitrogens is 6. The van der Waals surface area contributed by atoms with Crippen LogP contribution < -0.4 is 5.69 Å². The third kappa shape index (κ3) is 3.00. The first kappa shape index (κ1) is 18.1. The highest BCUT2D eigenvalue weighted by atomic mass is 16.1. The molecule has 5 rings (SSSR count). The van der Waals surface area contributed by atoms with Gasteiger partial charge in [-0.15, -0.1) is 0 Å². The van der Waals surface area contributed by atoms with Gasteiger partial charge in [0.2, 0.25) is 0 Å². The van der Waals surface area contributed by atoms with Gasteiger partial charge in [0.1, 0.15) is 11.3 Å². The number of para-hydroxylation sites is 1. The van der Waals surface area contributed by atoms with Gasteiger partial charge in [-0.2, -0.15) is 0 Å². The van der Waals surface area contributed by atoms with Crippen molar-refractivity contribution in [2.45, 2.75) is 19.8 Å². The Balaban J connectivity index is 1.63. The second kappa shape index (κ2) is 7.11. The van der Waals surface area contributed by atoms with Crippen molar-refractivity contribution in [1.29, 1.82) is 0 Å². The molecular formula is C23H20N6O. The van der Waals surface area contributed by atoms with Gasteiger partial charge in [-0.05, 0) is 17.5 Å². The van der Waals surface area contributed by atoms with Gasteiger partial charge >= 0.3 is 5.69 Å². The Labute approximate surface area is 172 Å². The molecule has 0 radical (unpaired) electrons. The fourth-order valence-corrected chi connectivity index (χ4v) is 3.64. The Morgan fingerprint density at radius 2 is 1.73 bits per heavy atom. The lowest BCUT2D eigenvalue weighted by molar-refractivity contribution is 0.842. The average Bonchev–Trinajstić information content (AvgIpc) is 3.41. The number of nitrogens with one attached hydrogen (secondary N) is 2. The van der Waals surface area contributed by atoms with Crippen molar-refractivity contribution in [3.05, 3.63) is 83.2 Å². The van der Waals surface area contributed by atoms with Crippen LogP contribution >= 0.6 is 0 Å². The van der Waals surface area contributed by atoms with Crippen LogP contribution in [0.4, 0.5) is 0 Å². The Morgan fingerprint density at radius 1 is 0.967 bits per heavy atom. The minimum atomic E-state index is -0.224. The molecular weight excluding hydrogens is 376 g/mol. The van der Waals surface area contributed by atoms with Crippen LogP contribution in [0.1, 0.15) is 25.3 Å². The molecule has 5 aromatic rings. The predicted octanol–water partition coefficient (Wildman–Crippen LogP) is 4.29. The maximum Gasteiger partial charge on any atom is 0.332 e. The number of fused-ring (bicyclic) bond motifs is 1. The molecule has 148 valence electrons. The second-order valence-electron chi connectivity index (χ2n) is 7.43. The van der Waals surface area contributed by atoms with Crippen LogP contribution in [-0.4, -0.2) is 29.5 Å². The second-order valence-corrected chi connectivity index (χ2v) is 7.43. The van der Waals surface area contributed by atoms with E-state index < -0.39 is 0 Å². The summed E-state index contributed by atoms with van der Waals surface area (Å²) in [6.07, 6.45) is 5.18. The van der Waals surface area contributed by atoms with Gasteiger partial charge in [-0.3, -0.25) is 0 Å². The number of benzene rings is 2. The molecule has 30 heavy (non-hydrogen) atoms. The van der Waals surface area contributed by atoms with E-state index in [1.807, 2.05) is 48.5 Å². The number of rotatable bonds is 4. The number of nitrogens with zero attached hydrogens (tertiary/aromatic N) is 4. The summed E-state index contributed by atoms with van der Waals surface area (Å²) in [5, 5.41) is 0. The van der Waals surface area contributed by atoms with Crippen LogP contribution in [-0.2, 0) is 0 Å². The van der Waals surface area contributed by atoms with Crippen LogP contribution in [0.3, 0.4) is 0 Å². The SMILES string of the molecule is CC(C)c1ccccc1-n1c(=O)[nH]c2cnc(-c3ccc(-c4ncc[nH]4)cc3)nc21. The Bertz CT molecular complexity index is 1380. The van der Waals surface area contributed by atoms with Crippen molar-refractivity contribution < 1.29 is 0 Å². The average molecular weight is 396 g/mol. The van der Waals surface area contributed by atoms with E-state index in [2.05, 4.69) is 33.8 Å². The standard InChI is InChI=1S/C23H20N6O/c1-14(2)17-5-3-4-6-19(17)29-22-18(27-23(29)30)13-26-21(28-22)16-9-7-15(8-10-16)20-24-11-12-25-20/h3-14H,1-2H3,(H,24,25)(H,27,30). The molecule has 0 saturated heterocycles. The lowest BCUT2D eigenvalue weighted by atomic mass is 10.0. The van der Waals surface area contributed by atoms with Gasteiger partial charge in [-0.1, -0.05) is 56.3 Å². The predicted molar refractivity (Wildman–Crippen MR) is 117 cm³/mol. The molecule has 0 saturated carbocycles. The molecule has 0 aliphatic rings. The van der Waals surface area contributed by atoms with E-state index in [1.165, 1.54) is 0 Å². The summed E-state index contributed by atoms with van der Waals surface area (Å²) in [7, 11) is 0. The Hall–Kier alpha value is -4.00. The van der Waals surface area contributed by atoms with Crippen LogP contribution in [0, 0.1) is 0 Å². The highest BCUT2D eigenvalue weighted by Gasteiger charge is 2.16. The first-order valence-electron chi connectivity index (χ1n) is 9.79. The number of H-pyrrole nitrogens is 2. The zero-order valence-electron chi connectivity index (χ0n) is 16.6. The number of hydrogen-bond donors (Lipinski definition) is 2. The fraction of sp³-hybridized carbons (Fsp3) is 0.130. The molecule has 2 N–H and O–H groups in total. The molecule has 0 unspecified atom stereocenters. The summed E-state index contributed by atoms with van der Waals surface area (Å²) in [6.45, 7) is 4.22. The molecule has 0 spiro atoms. The molecule has 0 atom stereocenters. The van der Waals surface area contributed by atoms with Crippen molar-refractivity contribution in [3.63, 3.8) is 0 Å². The van der Waals surface area contributed by atoms with Crippen molar-refractivity contribution in [2.24, 2.45) is 0 Å². The summed E-state index contributed by atoms with van der Waals surface area (Å²) >= 11 is 0. The zero-order chi connectivity index (χ0) is 20.7. The van der Waals surface area contributed by atoms with Gasteiger partial charge in [0.25, 0.3) is 0 Å². The summed E-state index contributed by atoms with van der Waals surface area (Å²) in [5.41, 5.74) is 4.71. The minimum Gasteiger partial charge on any atom is -0.345 e. The molecule has 3 heterocycles. The lowest BCUT2D eigenvalue weighted by Crippen LogP contribution is -2.17. The van der Waals surface area contributed by atoms with Gasteiger partial charge in [-0.25, -0.2) is 24.3 Å². The van der Waals surface area contributed by atoms with Crippen LogP contribution in [0.2, 0.25) is 0 Å². The van der Waals surface area contributed by atoms with Crippen molar-refractivity contribution >= 4 is 11.2 Å². The van der Waals surface area contributed by atoms with E-state index >= 15 is 0 Å². The Morgan fingerprint density at radius 3 is 2.47 bits per heavy atom. The largest absolute Gasteiger partial charge is 0.345 e. The number of hydrogen-bond acceptors (Lipinski definition) is 4. The van der Waals surface area contributed by atoms with E-state index in [0.717, 1.165) is 28.2 Å². The summed E-state index contributed by atoms with van der Waals surface area (Å²) in [5.74, 6) is 1.64. The summed E-state index contributed by atoms with van der Waals surface area (Å²) in [4.78, 5) is 32.2. The monoisotopic (exact) mass is 396 g/mol. The molecule has 0 amide bonds. The first-order valence-corrected chi connectivity index (χ1v) is 9.79. The van der Waals surface area contributed by atoms with Gasteiger partial charge in [0.15, 0.2) is 11.5 Å². The third-order valence-corrected chi connectivity index (χ3v) is 5.14.